The van der Waals surface area contributed by atoms with E-state index in [-0.39, 0.29) is 5.76 Å². The Labute approximate surface area is 150 Å². The lowest BCUT2D eigenvalue weighted by atomic mass is 10.0. The largest absolute Gasteiger partial charge is 0.511 e. The molecule has 0 bridgehead atoms. The molecular formula is C16H9BrCl2O4. The van der Waals surface area contributed by atoms with Crippen molar-refractivity contribution in [2.45, 2.75) is 6.10 Å². The number of ether oxygens (including phenoxy) is 2. The molecular weight excluding hydrogens is 407 g/mol. The van der Waals surface area contributed by atoms with Gasteiger partial charge in [-0.05, 0) is 30.3 Å². The predicted octanol–water partition coefficient (Wildman–Crippen LogP) is 5.93. The number of halogens is 3. The van der Waals surface area contributed by atoms with Crippen LogP contribution in [0.15, 0.2) is 46.6 Å². The first-order valence-electron chi connectivity index (χ1n) is 6.47. The SMILES string of the molecule is O=C(O)OC1=Cc2ccc(Br)cc2OC1c1ccc(Cl)c(Cl)c1. The van der Waals surface area contributed by atoms with Crippen LogP contribution in [0.5, 0.6) is 5.75 Å². The van der Waals surface area contributed by atoms with E-state index >= 15 is 0 Å². The fourth-order valence-corrected chi connectivity index (χ4v) is 2.88. The molecule has 7 heteroatoms. The van der Waals surface area contributed by atoms with Crippen LogP contribution in [0.1, 0.15) is 17.2 Å². The van der Waals surface area contributed by atoms with E-state index in [1.807, 2.05) is 6.07 Å². The maximum Gasteiger partial charge on any atom is 0.511 e. The van der Waals surface area contributed by atoms with Gasteiger partial charge in [0.2, 0.25) is 0 Å². The zero-order valence-electron chi connectivity index (χ0n) is 11.4. The van der Waals surface area contributed by atoms with E-state index < -0.39 is 12.3 Å². The van der Waals surface area contributed by atoms with Gasteiger partial charge in [-0.25, -0.2) is 4.79 Å². The molecule has 1 atom stereocenters. The van der Waals surface area contributed by atoms with Gasteiger partial charge in [0, 0.05) is 15.6 Å². The van der Waals surface area contributed by atoms with Crippen molar-refractivity contribution in [1.82, 2.24) is 0 Å². The van der Waals surface area contributed by atoms with Crippen molar-refractivity contribution in [1.29, 1.82) is 0 Å². The minimum absolute atomic E-state index is 0.158. The summed E-state index contributed by atoms with van der Waals surface area (Å²) in [5, 5.41) is 9.70. The molecule has 23 heavy (non-hydrogen) atoms. The zero-order chi connectivity index (χ0) is 16.6. The molecule has 0 aromatic heterocycles. The third-order valence-corrected chi connectivity index (χ3v) is 4.46. The number of benzene rings is 2. The third kappa shape index (κ3) is 3.47. The molecule has 0 saturated heterocycles. The van der Waals surface area contributed by atoms with Crippen molar-refractivity contribution >= 4 is 51.4 Å². The first-order chi connectivity index (χ1) is 10.9. The molecule has 0 saturated carbocycles. The molecule has 1 unspecified atom stereocenters. The van der Waals surface area contributed by atoms with Crippen LogP contribution in [-0.2, 0) is 4.74 Å². The molecule has 0 radical (unpaired) electrons. The van der Waals surface area contributed by atoms with Crippen molar-refractivity contribution < 1.29 is 19.4 Å². The Balaban J connectivity index is 2.07. The molecule has 118 valence electrons. The van der Waals surface area contributed by atoms with E-state index in [1.54, 1.807) is 36.4 Å². The Morgan fingerprint density at radius 2 is 1.96 bits per heavy atom. The Morgan fingerprint density at radius 3 is 2.65 bits per heavy atom. The van der Waals surface area contributed by atoms with E-state index in [1.165, 1.54) is 0 Å². The summed E-state index contributed by atoms with van der Waals surface area (Å²) in [6.45, 7) is 0. The lowest BCUT2D eigenvalue weighted by Crippen LogP contribution is -2.18. The average Bonchev–Trinajstić information content (AvgIpc) is 2.49. The molecule has 2 aromatic rings. The van der Waals surface area contributed by atoms with Gasteiger partial charge < -0.3 is 14.6 Å². The van der Waals surface area contributed by atoms with Gasteiger partial charge in [0.1, 0.15) is 5.75 Å². The second-order valence-corrected chi connectivity index (χ2v) is 6.50. The summed E-state index contributed by atoms with van der Waals surface area (Å²) in [5.74, 6) is 0.763. The topological polar surface area (TPSA) is 55.8 Å². The van der Waals surface area contributed by atoms with Gasteiger partial charge in [0.05, 0.1) is 10.0 Å². The normalized spacial score (nSPS) is 16.1. The fourth-order valence-electron chi connectivity index (χ4n) is 2.24. The van der Waals surface area contributed by atoms with Gasteiger partial charge in [0.15, 0.2) is 11.9 Å². The van der Waals surface area contributed by atoms with Crippen LogP contribution < -0.4 is 4.74 Å². The van der Waals surface area contributed by atoms with E-state index in [9.17, 15) is 4.79 Å². The van der Waals surface area contributed by atoms with Crippen LogP contribution >= 0.6 is 39.1 Å². The molecule has 0 spiro atoms. The summed E-state index contributed by atoms with van der Waals surface area (Å²) in [5.41, 5.74) is 1.36. The average molecular weight is 416 g/mol. The van der Waals surface area contributed by atoms with Crippen LogP contribution in [0.4, 0.5) is 4.79 Å². The standard InChI is InChI=1S/C16H9BrCl2O4/c17-10-3-1-8-6-14(23-16(20)21)15(22-13(8)7-10)9-2-4-11(18)12(19)5-9/h1-7,15H,(H,20,21). The third-order valence-electron chi connectivity index (χ3n) is 3.23. The molecule has 1 N–H and O–H groups in total. The smallest absolute Gasteiger partial charge is 0.477 e. The van der Waals surface area contributed by atoms with Crippen LogP contribution in [0.2, 0.25) is 10.0 Å². The summed E-state index contributed by atoms with van der Waals surface area (Å²) in [6, 6.07) is 10.4. The number of hydrogen-bond donors (Lipinski definition) is 1. The highest BCUT2D eigenvalue weighted by molar-refractivity contribution is 9.10. The molecule has 1 aliphatic rings. The van der Waals surface area contributed by atoms with Gasteiger partial charge in [-0.2, -0.15) is 0 Å². The molecule has 2 aromatic carbocycles. The first-order valence-corrected chi connectivity index (χ1v) is 8.02. The number of carbonyl (C=O) groups is 1. The van der Waals surface area contributed by atoms with Crippen LogP contribution in [0, 0.1) is 0 Å². The van der Waals surface area contributed by atoms with Crippen molar-refractivity contribution in [3.63, 3.8) is 0 Å². The van der Waals surface area contributed by atoms with Crippen molar-refractivity contribution in [3.8, 4) is 5.75 Å². The summed E-state index contributed by atoms with van der Waals surface area (Å²) < 4.78 is 11.6. The van der Waals surface area contributed by atoms with E-state index in [4.69, 9.17) is 37.8 Å². The Morgan fingerprint density at radius 1 is 1.17 bits per heavy atom. The maximum atomic E-state index is 11.0. The Bertz CT molecular complexity index is 820. The van der Waals surface area contributed by atoms with Gasteiger partial charge in [-0.1, -0.05) is 51.3 Å². The lowest BCUT2D eigenvalue weighted by molar-refractivity contribution is 0.0899. The second-order valence-electron chi connectivity index (χ2n) is 4.77. The minimum atomic E-state index is -1.41. The summed E-state index contributed by atoms with van der Waals surface area (Å²) >= 11 is 15.3. The van der Waals surface area contributed by atoms with Crippen molar-refractivity contribution in [2.24, 2.45) is 0 Å². The van der Waals surface area contributed by atoms with E-state index in [0.717, 1.165) is 10.0 Å². The van der Waals surface area contributed by atoms with Crippen molar-refractivity contribution in [3.05, 3.63) is 67.8 Å². The summed E-state index contributed by atoms with van der Waals surface area (Å²) in [4.78, 5) is 11.0. The quantitative estimate of drug-likeness (QED) is 0.618. The molecule has 1 aliphatic heterocycles. The highest BCUT2D eigenvalue weighted by atomic mass is 79.9. The lowest BCUT2D eigenvalue weighted by Gasteiger charge is -2.26. The maximum absolute atomic E-state index is 11.0. The van der Waals surface area contributed by atoms with Gasteiger partial charge in [-0.15, -0.1) is 0 Å². The summed E-state index contributed by atoms with van der Waals surface area (Å²) in [7, 11) is 0. The molecule has 4 nitrogen and oxygen atoms in total. The number of fused-ring (bicyclic) bond motifs is 1. The molecule has 3 rings (SSSR count). The second kappa shape index (κ2) is 6.43. The highest BCUT2D eigenvalue weighted by Gasteiger charge is 2.28. The fraction of sp³-hybridized carbons (Fsp3) is 0.0625. The Kier molecular flexibility index (Phi) is 4.53. The van der Waals surface area contributed by atoms with E-state index in [2.05, 4.69) is 15.9 Å². The van der Waals surface area contributed by atoms with Crippen molar-refractivity contribution in [2.75, 3.05) is 0 Å². The number of carboxylic acid groups (broad SMARTS) is 1. The number of hydrogen-bond acceptors (Lipinski definition) is 3. The van der Waals surface area contributed by atoms with Gasteiger partial charge >= 0.3 is 6.16 Å². The van der Waals surface area contributed by atoms with Crippen LogP contribution in [0.3, 0.4) is 0 Å². The summed E-state index contributed by atoms with van der Waals surface area (Å²) in [6.07, 6.45) is -0.514. The predicted molar refractivity (Wildman–Crippen MR) is 91.1 cm³/mol. The molecule has 0 amide bonds. The zero-order valence-corrected chi connectivity index (χ0v) is 14.5. The minimum Gasteiger partial charge on any atom is -0.477 e. The molecule has 0 aliphatic carbocycles. The molecule has 0 fully saturated rings. The van der Waals surface area contributed by atoms with Crippen LogP contribution in [0.25, 0.3) is 6.08 Å². The number of rotatable bonds is 2. The first kappa shape index (κ1) is 16.2. The molecule has 1 heterocycles. The Hall–Kier alpha value is -1.69. The van der Waals surface area contributed by atoms with Gasteiger partial charge in [-0.3, -0.25) is 0 Å². The highest BCUT2D eigenvalue weighted by Crippen LogP contribution is 2.40. The van der Waals surface area contributed by atoms with E-state index in [0.29, 0.717) is 21.4 Å². The van der Waals surface area contributed by atoms with Crippen LogP contribution in [-0.4, -0.2) is 11.3 Å². The van der Waals surface area contributed by atoms with Gasteiger partial charge in [0.25, 0.3) is 0 Å². The monoisotopic (exact) mass is 414 g/mol.